The highest BCUT2D eigenvalue weighted by atomic mass is 15.3. The van der Waals surface area contributed by atoms with Crippen LogP contribution in [0.2, 0.25) is 0 Å². The molecule has 1 fully saturated rings. The van der Waals surface area contributed by atoms with Crippen molar-refractivity contribution in [3.05, 3.63) is 18.0 Å². The van der Waals surface area contributed by atoms with Crippen LogP contribution < -0.4 is 5.73 Å². The van der Waals surface area contributed by atoms with Gasteiger partial charge in [0, 0.05) is 12.7 Å². The Morgan fingerprint density at radius 2 is 2.29 bits per heavy atom. The molecular weight excluding hydrogens is 210 g/mol. The third kappa shape index (κ3) is 2.39. The number of nitrogens with two attached hydrogens (primary N) is 1. The van der Waals surface area contributed by atoms with Crippen molar-refractivity contribution in [3.8, 4) is 0 Å². The molecule has 0 saturated heterocycles. The van der Waals surface area contributed by atoms with Crippen LogP contribution >= 0.6 is 0 Å². The van der Waals surface area contributed by atoms with Gasteiger partial charge in [-0.05, 0) is 37.2 Å². The van der Waals surface area contributed by atoms with Gasteiger partial charge in [0.15, 0.2) is 0 Å². The fraction of sp³-hybridized carbons (Fsp3) is 0.786. The second-order valence-electron chi connectivity index (χ2n) is 5.94. The molecule has 1 aliphatic carbocycles. The van der Waals surface area contributed by atoms with Gasteiger partial charge in [-0.15, -0.1) is 0 Å². The molecule has 0 aromatic carbocycles. The minimum Gasteiger partial charge on any atom is -0.322 e. The van der Waals surface area contributed by atoms with E-state index in [1.54, 1.807) is 0 Å². The van der Waals surface area contributed by atoms with Crippen molar-refractivity contribution in [2.45, 2.75) is 59.0 Å². The van der Waals surface area contributed by atoms with Crippen LogP contribution in [-0.4, -0.2) is 9.78 Å². The molecule has 2 N–H and O–H groups in total. The Bertz CT molecular complexity index is 367. The van der Waals surface area contributed by atoms with Gasteiger partial charge in [-0.1, -0.05) is 26.7 Å². The van der Waals surface area contributed by atoms with Gasteiger partial charge in [-0.25, -0.2) is 0 Å². The molecule has 1 saturated carbocycles. The maximum absolute atomic E-state index is 6.51. The molecule has 1 aromatic rings. The Kier molecular flexibility index (Phi) is 3.57. The second-order valence-corrected chi connectivity index (χ2v) is 5.94. The lowest BCUT2D eigenvalue weighted by molar-refractivity contribution is 0.109. The zero-order chi connectivity index (χ0) is 12.5. The van der Waals surface area contributed by atoms with Crippen molar-refractivity contribution in [1.29, 1.82) is 0 Å². The van der Waals surface area contributed by atoms with Crippen molar-refractivity contribution in [2.24, 2.45) is 17.1 Å². The van der Waals surface area contributed by atoms with Crippen LogP contribution in [0.15, 0.2) is 12.3 Å². The number of aryl methyl sites for hydroxylation is 1. The molecule has 1 aliphatic rings. The lowest BCUT2D eigenvalue weighted by atomic mass is 9.65. The monoisotopic (exact) mass is 235 g/mol. The fourth-order valence-corrected chi connectivity index (χ4v) is 3.28. The van der Waals surface area contributed by atoms with E-state index in [0.717, 1.165) is 6.54 Å². The Morgan fingerprint density at radius 3 is 2.94 bits per heavy atom. The van der Waals surface area contributed by atoms with Crippen molar-refractivity contribution in [1.82, 2.24) is 9.78 Å². The Hall–Kier alpha value is -0.830. The third-order valence-electron chi connectivity index (χ3n) is 4.41. The highest BCUT2D eigenvalue weighted by Crippen LogP contribution is 2.45. The van der Waals surface area contributed by atoms with Gasteiger partial charge in [-0.3, -0.25) is 4.68 Å². The summed E-state index contributed by atoms with van der Waals surface area (Å²) in [6, 6.07) is 2.21. The number of hydrogen-bond donors (Lipinski definition) is 1. The molecular formula is C14H25N3. The lowest BCUT2D eigenvalue weighted by Gasteiger charge is -2.42. The first kappa shape index (κ1) is 12.6. The van der Waals surface area contributed by atoms with Crippen LogP contribution in [0.3, 0.4) is 0 Å². The van der Waals surface area contributed by atoms with Gasteiger partial charge in [-0.2, -0.15) is 5.10 Å². The van der Waals surface area contributed by atoms with Crippen molar-refractivity contribution in [2.75, 3.05) is 0 Å². The summed E-state index contributed by atoms with van der Waals surface area (Å²) in [5.74, 6) is 0.582. The first-order valence-electron chi connectivity index (χ1n) is 6.83. The Morgan fingerprint density at radius 1 is 1.53 bits per heavy atom. The summed E-state index contributed by atoms with van der Waals surface area (Å²) >= 11 is 0. The molecule has 2 rings (SSSR count). The summed E-state index contributed by atoms with van der Waals surface area (Å²) in [5.41, 5.74) is 8.07. The molecule has 2 unspecified atom stereocenters. The number of nitrogens with zero attached hydrogens (tertiary/aromatic N) is 2. The minimum absolute atomic E-state index is 0.132. The molecule has 0 radical (unpaired) electrons. The van der Waals surface area contributed by atoms with Gasteiger partial charge >= 0.3 is 0 Å². The average molecular weight is 235 g/mol. The quantitative estimate of drug-likeness (QED) is 0.874. The lowest BCUT2D eigenvalue weighted by Crippen LogP contribution is -2.37. The first-order valence-corrected chi connectivity index (χ1v) is 6.83. The molecule has 0 amide bonds. The highest BCUT2D eigenvalue weighted by molar-refractivity contribution is 5.10. The molecule has 3 heteroatoms. The molecule has 2 atom stereocenters. The molecule has 1 aromatic heterocycles. The van der Waals surface area contributed by atoms with Crippen molar-refractivity contribution < 1.29 is 0 Å². The van der Waals surface area contributed by atoms with E-state index >= 15 is 0 Å². The molecule has 0 aliphatic heterocycles. The van der Waals surface area contributed by atoms with Gasteiger partial charge in [0.05, 0.1) is 11.7 Å². The summed E-state index contributed by atoms with van der Waals surface area (Å²) in [6.45, 7) is 7.76. The van der Waals surface area contributed by atoms with Crippen molar-refractivity contribution in [3.63, 3.8) is 0 Å². The van der Waals surface area contributed by atoms with Crippen LogP contribution in [0.1, 0.15) is 58.2 Å². The number of rotatable bonds is 3. The minimum atomic E-state index is 0.132. The summed E-state index contributed by atoms with van der Waals surface area (Å²) in [6.07, 6.45) is 7.09. The summed E-state index contributed by atoms with van der Waals surface area (Å²) in [5, 5.41) is 4.34. The molecule has 0 spiro atoms. The topological polar surface area (TPSA) is 43.8 Å². The van der Waals surface area contributed by atoms with Crippen LogP contribution in [0.25, 0.3) is 0 Å². The van der Waals surface area contributed by atoms with Gasteiger partial charge in [0.25, 0.3) is 0 Å². The van der Waals surface area contributed by atoms with Gasteiger partial charge in [0.2, 0.25) is 0 Å². The van der Waals surface area contributed by atoms with Crippen LogP contribution in [0.5, 0.6) is 0 Å². The van der Waals surface area contributed by atoms with E-state index in [1.165, 1.54) is 31.4 Å². The van der Waals surface area contributed by atoms with E-state index in [0.29, 0.717) is 11.3 Å². The van der Waals surface area contributed by atoms with Crippen LogP contribution in [0, 0.1) is 11.3 Å². The van der Waals surface area contributed by atoms with E-state index in [9.17, 15) is 0 Å². The van der Waals surface area contributed by atoms with E-state index in [1.807, 2.05) is 10.9 Å². The molecule has 17 heavy (non-hydrogen) atoms. The third-order valence-corrected chi connectivity index (χ3v) is 4.41. The number of hydrogen-bond acceptors (Lipinski definition) is 2. The predicted molar refractivity (Wildman–Crippen MR) is 70.6 cm³/mol. The van der Waals surface area contributed by atoms with Crippen LogP contribution in [0.4, 0.5) is 0 Å². The van der Waals surface area contributed by atoms with E-state index in [4.69, 9.17) is 5.73 Å². The summed E-state index contributed by atoms with van der Waals surface area (Å²) in [4.78, 5) is 0. The first-order chi connectivity index (χ1) is 8.06. The predicted octanol–water partition coefficient (Wildman–Crippen LogP) is 3.12. The molecule has 1 heterocycles. The Balaban J connectivity index is 2.21. The zero-order valence-electron chi connectivity index (χ0n) is 11.3. The summed E-state index contributed by atoms with van der Waals surface area (Å²) in [7, 11) is 0. The van der Waals surface area contributed by atoms with E-state index in [2.05, 4.69) is 31.9 Å². The molecule has 3 nitrogen and oxygen atoms in total. The maximum Gasteiger partial charge on any atom is 0.0554 e. The van der Waals surface area contributed by atoms with Crippen molar-refractivity contribution >= 4 is 0 Å². The van der Waals surface area contributed by atoms with Crippen LogP contribution in [-0.2, 0) is 6.54 Å². The summed E-state index contributed by atoms with van der Waals surface area (Å²) < 4.78 is 2.04. The maximum atomic E-state index is 6.51. The van der Waals surface area contributed by atoms with E-state index in [-0.39, 0.29) is 6.04 Å². The average Bonchev–Trinajstić information content (AvgIpc) is 2.75. The fourth-order valence-electron chi connectivity index (χ4n) is 3.28. The SMILES string of the molecule is CCn1nccc1C(N)C1CCCCC1(C)C. The van der Waals surface area contributed by atoms with Gasteiger partial charge < -0.3 is 5.73 Å². The van der Waals surface area contributed by atoms with E-state index < -0.39 is 0 Å². The van der Waals surface area contributed by atoms with Gasteiger partial charge in [0.1, 0.15) is 0 Å². The standard InChI is InChI=1S/C14H25N3/c1-4-17-12(8-10-16-17)13(15)11-7-5-6-9-14(11,2)3/h8,10-11,13H,4-7,9,15H2,1-3H3. The smallest absolute Gasteiger partial charge is 0.0554 e. The highest BCUT2D eigenvalue weighted by Gasteiger charge is 2.37. The molecule has 0 bridgehead atoms. The second kappa shape index (κ2) is 4.81. The normalized spacial score (nSPS) is 25.8. The largest absolute Gasteiger partial charge is 0.322 e. The zero-order valence-corrected chi connectivity index (χ0v) is 11.3. The number of aromatic nitrogens is 2. The Labute approximate surface area is 104 Å². The molecule has 96 valence electrons.